The molecule has 62 heavy (non-hydrogen) atoms. The molecule has 0 aromatic heterocycles. The number of fused-ring (bicyclic) bond motifs is 2. The Morgan fingerprint density at radius 3 is 1.52 bits per heavy atom. The van der Waals surface area contributed by atoms with Crippen LogP contribution in [-0.4, -0.2) is 107 Å². The molecule has 0 bridgehead atoms. The number of thioether (sulfide) groups is 1. The molecule has 0 unspecified atom stereocenters. The minimum Gasteiger partial charge on any atom is -0.374 e. The lowest BCUT2D eigenvalue weighted by molar-refractivity contribution is -0.316. The number of hydrogen-bond donors (Lipinski definition) is 0. The van der Waals surface area contributed by atoms with E-state index in [9.17, 15) is 9.59 Å². The molecule has 4 fully saturated rings. The highest BCUT2D eigenvalue weighted by molar-refractivity contribution is 7.99. The summed E-state index contributed by atoms with van der Waals surface area (Å²) < 4.78 is 54.7. The van der Waals surface area contributed by atoms with E-state index >= 15 is 0 Å². The summed E-state index contributed by atoms with van der Waals surface area (Å²) in [5.41, 5.74) is 0.407. The van der Waals surface area contributed by atoms with Crippen molar-refractivity contribution in [2.24, 2.45) is 0 Å². The van der Waals surface area contributed by atoms with E-state index in [4.69, 9.17) is 37.9 Å². The van der Waals surface area contributed by atoms with Crippen LogP contribution in [0.4, 0.5) is 0 Å². The molecule has 0 saturated carbocycles. The van der Waals surface area contributed by atoms with Gasteiger partial charge in [0.1, 0.15) is 59.6 Å². The Kier molecular flexibility index (Phi) is 13.8. The van der Waals surface area contributed by atoms with Crippen molar-refractivity contribution in [3.8, 4) is 0 Å². The first kappa shape index (κ1) is 44.5. The first-order chi connectivity index (χ1) is 29.9. The lowest BCUT2D eigenvalue weighted by Crippen LogP contribution is -2.67. The third kappa shape index (κ3) is 9.81. The van der Waals surface area contributed by atoms with E-state index in [-0.39, 0.29) is 31.6 Å². The molecule has 0 N–H and O–H groups in total. The maximum atomic E-state index is 13.7. The summed E-state index contributed by atoms with van der Waals surface area (Å²) in [4.78, 5) is 31.8. The summed E-state index contributed by atoms with van der Waals surface area (Å²) >= 11 is 1.53. The van der Waals surface area contributed by atoms with Gasteiger partial charge in [-0.2, -0.15) is 0 Å². The van der Waals surface area contributed by atoms with Crippen molar-refractivity contribution < 1.29 is 47.5 Å². The Labute approximate surface area is 369 Å². The average Bonchev–Trinajstić information content (AvgIpc) is 3.72. The van der Waals surface area contributed by atoms with E-state index in [1.165, 1.54) is 18.7 Å². The van der Waals surface area contributed by atoms with Gasteiger partial charge in [0.25, 0.3) is 0 Å². The Morgan fingerprint density at radius 1 is 0.581 bits per heavy atom. The SMILES string of the molecule is CC(=O)N1[C@@H]2[C@H](OC1(C)C)[C@H](O[C@@H]1O[C@H](COCc3ccccc3)[C@@H](OCc3ccccc3)[C@H]3OC(C)(C)N(C(C)=O)[C@@H]13)[C@@H](COCc1ccccc1)O[C@H]2Sc1ccccc1. The van der Waals surface area contributed by atoms with Crippen LogP contribution in [0.5, 0.6) is 0 Å². The molecule has 0 radical (unpaired) electrons. The van der Waals surface area contributed by atoms with Crippen LogP contribution in [-0.2, 0) is 67.3 Å². The van der Waals surface area contributed by atoms with Gasteiger partial charge in [0.2, 0.25) is 11.8 Å². The third-order valence-electron chi connectivity index (χ3n) is 11.9. The summed E-state index contributed by atoms with van der Waals surface area (Å²) in [6, 6.07) is 38.5. The molecule has 10 atom stereocenters. The Morgan fingerprint density at radius 2 is 1.02 bits per heavy atom. The van der Waals surface area contributed by atoms with Crippen LogP contribution >= 0.6 is 11.8 Å². The Bertz CT molecular complexity index is 2080. The average molecular weight is 867 g/mol. The topological polar surface area (TPSA) is 114 Å². The van der Waals surface area contributed by atoms with Gasteiger partial charge in [0.05, 0.1) is 39.1 Å². The van der Waals surface area contributed by atoms with Crippen LogP contribution < -0.4 is 0 Å². The highest BCUT2D eigenvalue weighted by Gasteiger charge is 2.64. The van der Waals surface area contributed by atoms with Gasteiger partial charge in [0, 0.05) is 18.7 Å². The predicted octanol–water partition coefficient (Wildman–Crippen LogP) is 7.34. The van der Waals surface area contributed by atoms with Crippen molar-refractivity contribution in [2.45, 2.75) is 138 Å². The van der Waals surface area contributed by atoms with Gasteiger partial charge in [-0.3, -0.25) is 9.59 Å². The third-order valence-corrected chi connectivity index (χ3v) is 13.0. The zero-order chi connectivity index (χ0) is 43.4. The number of nitrogens with zero attached hydrogens (tertiary/aromatic N) is 2. The lowest BCUT2D eigenvalue weighted by atomic mass is 9.94. The first-order valence-corrected chi connectivity index (χ1v) is 22.3. The highest BCUT2D eigenvalue weighted by Crippen LogP contribution is 2.48. The standard InChI is InChI=1S/C49H58N2O10S/c1-32(52)50-40-44(60-48(50,3)4)42(56-29-36-23-15-9-16-24-36)38(30-54-27-34-19-11-7-12-20-34)57-46(40)59-43-39(31-55-28-35-21-13-8-14-22-35)58-47(62-37-25-17-10-18-26-37)41-45(43)61-49(5,6)51(41)33(2)53/h7-26,38-47H,27-31H2,1-6H3/t38-,39-,40-,41-,42-,43-,44+,45+,46+,47+/m1/s1. The number of amides is 2. The van der Waals surface area contributed by atoms with E-state index in [0.717, 1.165) is 21.6 Å². The smallest absolute Gasteiger partial charge is 0.222 e. The number of carbonyl (C=O) groups excluding carboxylic acids is 2. The summed E-state index contributed by atoms with van der Waals surface area (Å²) in [5.74, 6) is -0.361. The summed E-state index contributed by atoms with van der Waals surface area (Å²) in [6.45, 7) is 11.9. The highest BCUT2D eigenvalue weighted by atomic mass is 32.2. The van der Waals surface area contributed by atoms with Crippen molar-refractivity contribution >= 4 is 23.6 Å². The van der Waals surface area contributed by atoms with Gasteiger partial charge in [-0.1, -0.05) is 121 Å². The lowest BCUT2D eigenvalue weighted by Gasteiger charge is -2.49. The molecule has 4 aliphatic heterocycles. The van der Waals surface area contributed by atoms with Gasteiger partial charge in [-0.15, -0.1) is 0 Å². The fraction of sp³-hybridized carbons (Fsp3) is 0.469. The first-order valence-electron chi connectivity index (χ1n) is 21.4. The molecule has 2 amide bonds. The zero-order valence-corrected chi connectivity index (χ0v) is 37.1. The molecule has 4 heterocycles. The van der Waals surface area contributed by atoms with Crippen molar-refractivity contribution in [1.29, 1.82) is 0 Å². The maximum absolute atomic E-state index is 13.7. The van der Waals surface area contributed by atoms with Gasteiger partial charge in [-0.25, -0.2) is 0 Å². The van der Waals surface area contributed by atoms with Crippen molar-refractivity contribution in [1.82, 2.24) is 9.80 Å². The molecule has 13 heteroatoms. The zero-order valence-electron chi connectivity index (χ0n) is 36.2. The van der Waals surface area contributed by atoms with Gasteiger partial charge < -0.3 is 47.7 Å². The summed E-state index contributed by atoms with van der Waals surface area (Å²) in [7, 11) is 0. The minimum absolute atomic E-state index is 0.143. The normalized spacial score (nSPS) is 29.8. The van der Waals surface area contributed by atoms with E-state index < -0.39 is 71.9 Å². The number of benzene rings is 4. The fourth-order valence-electron chi connectivity index (χ4n) is 9.40. The predicted molar refractivity (Wildman–Crippen MR) is 232 cm³/mol. The molecule has 4 aliphatic rings. The van der Waals surface area contributed by atoms with Crippen LogP contribution in [0.15, 0.2) is 126 Å². The molecule has 330 valence electrons. The molecular formula is C49H58N2O10S. The van der Waals surface area contributed by atoms with Crippen molar-refractivity contribution in [3.63, 3.8) is 0 Å². The quantitative estimate of drug-likeness (QED) is 0.120. The molecule has 0 spiro atoms. The van der Waals surface area contributed by atoms with Gasteiger partial charge in [0.15, 0.2) is 6.29 Å². The Hall–Kier alpha value is -4.15. The fourth-order valence-corrected chi connectivity index (χ4v) is 10.6. The van der Waals surface area contributed by atoms with Gasteiger partial charge >= 0.3 is 0 Å². The number of rotatable bonds is 15. The van der Waals surface area contributed by atoms with Crippen LogP contribution in [0.1, 0.15) is 58.2 Å². The molecule has 12 nitrogen and oxygen atoms in total. The molecule has 0 aliphatic carbocycles. The second-order valence-electron chi connectivity index (χ2n) is 17.2. The van der Waals surface area contributed by atoms with E-state index in [1.807, 2.05) is 149 Å². The van der Waals surface area contributed by atoms with E-state index in [2.05, 4.69) is 0 Å². The number of ether oxygens (including phenoxy) is 8. The second kappa shape index (κ2) is 19.3. The summed E-state index contributed by atoms with van der Waals surface area (Å²) in [6.07, 6.45) is -5.27. The number of carbonyl (C=O) groups is 2. The molecule has 8 rings (SSSR count). The number of hydrogen-bond acceptors (Lipinski definition) is 11. The van der Waals surface area contributed by atoms with Crippen molar-refractivity contribution in [3.05, 3.63) is 138 Å². The molecule has 4 aromatic carbocycles. The van der Waals surface area contributed by atoms with Crippen LogP contribution in [0.3, 0.4) is 0 Å². The molecule has 4 saturated heterocycles. The van der Waals surface area contributed by atoms with Crippen LogP contribution in [0, 0.1) is 0 Å². The Balaban J connectivity index is 1.15. The summed E-state index contributed by atoms with van der Waals surface area (Å²) in [5, 5.41) is 0. The largest absolute Gasteiger partial charge is 0.374 e. The van der Waals surface area contributed by atoms with Crippen LogP contribution in [0.25, 0.3) is 0 Å². The second-order valence-corrected chi connectivity index (χ2v) is 18.4. The maximum Gasteiger partial charge on any atom is 0.222 e. The van der Waals surface area contributed by atoms with E-state index in [1.54, 1.807) is 16.7 Å². The minimum atomic E-state index is -1.06. The van der Waals surface area contributed by atoms with E-state index in [0.29, 0.717) is 13.2 Å². The van der Waals surface area contributed by atoms with Crippen molar-refractivity contribution in [2.75, 3.05) is 13.2 Å². The monoisotopic (exact) mass is 866 g/mol. The van der Waals surface area contributed by atoms with Gasteiger partial charge in [-0.05, 0) is 56.5 Å². The molecule has 4 aromatic rings. The molecular weight excluding hydrogens is 809 g/mol. The van der Waals surface area contributed by atoms with Crippen LogP contribution in [0.2, 0.25) is 0 Å².